The van der Waals surface area contributed by atoms with Crippen molar-refractivity contribution in [3.63, 3.8) is 0 Å². The third-order valence-electron chi connectivity index (χ3n) is 4.53. The van der Waals surface area contributed by atoms with E-state index in [0.717, 1.165) is 11.3 Å². The number of anilines is 4. The number of nitrogens with zero attached hydrogens (tertiary/aromatic N) is 5. The monoisotopic (exact) mass is 421 g/mol. The van der Waals surface area contributed by atoms with Gasteiger partial charge in [0.25, 0.3) is 0 Å². The van der Waals surface area contributed by atoms with Crippen LogP contribution in [0, 0.1) is 0 Å². The van der Waals surface area contributed by atoms with Gasteiger partial charge in [-0.25, -0.2) is 5.43 Å². The van der Waals surface area contributed by atoms with Gasteiger partial charge in [-0.1, -0.05) is 18.2 Å². The molecule has 2 aromatic carbocycles. The maximum atomic E-state index is 9.71. The zero-order valence-corrected chi connectivity index (χ0v) is 17.0. The molecule has 31 heavy (non-hydrogen) atoms. The fourth-order valence-corrected chi connectivity index (χ4v) is 2.97. The first-order valence-electron chi connectivity index (χ1n) is 9.78. The van der Waals surface area contributed by atoms with Gasteiger partial charge in [-0.2, -0.15) is 20.1 Å². The molecule has 2 heterocycles. The molecule has 0 atom stereocenters. The van der Waals surface area contributed by atoms with E-state index in [2.05, 4.69) is 30.8 Å². The topological polar surface area (TPSA) is 117 Å². The highest BCUT2D eigenvalue weighted by Crippen LogP contribution is 2.25. The van der Waals surface area contributed by atoms with Gasteiger partial charge in [0.2, 0.25) is 17.8 Å². The predicted molar refractivity (Wildman–Crippen MR) is 118 cm³/mol. The average molecular weight is 421 g/mol. The Hall–Kier alpha value is -3.92. The van der Waals surface area contributed by atoms with E-state index in [-0.39, 0.29) is 5.75 Å². The molecule has 0 bridgehead atoms. The second-order valence-corrected chi connectivity index (χ2v) is 6.67. The molecule has 0 aliphatic carbocycles. The highest BCUT2D eigenvalue weighted by atomic mass is 16.5. The Morgan fingerprint density at radius 2 is 1.84 bits per heavy atom. The fourth-order valence-electron chi connectivity index (χ4n) is 2.97. The summed E-state index contributed by atoms with van der Waals surface area (Å²) < 4.78 is 10.5. The van der Waals surface area contributed by atoms with E-state index in [1.807, 2.05) is 35.2 Å². The summed E-state index contributed by atoms with van der Waals surface area (Å²) in [7, 11) is 1.49. The van der Waals surface area contributed by atoms with Crippen molar-refractivity contribution in [3.8, 4) is 11.5 Å². The summed E-state index contributed by atoms with van der Waals surface area (Å²) in [5.41, 5.74) is 4.47. The number of para-hydroxylation sites is 1. The molecule has 1 aliphatic heterocycles. The number of benzene rings is 2. The number of phenolic OH excluding ortho intramolecular Hbond substituents is 1. The Morgan fingerprint density at radius 3 is 2.61 bits per heavy atom. The van der Waals surface area contributed by atoms with Gasteiger partial charge in [0, 0.05) is 18.8 Å². The Morgan fingerprint density at radius 1 is 1.06 bits per heavy atom. The van der Waals surface area contributed by atoms with Crippen LogP contribution >= 0.6 is 0 Å². The van der Waals surface area contributed by atoms with Crippen molar-refractivity contribution in [1.29, 1.82) is 0 Å². The number of nitrogens with one attached hydrogen (secondary N) is 2. The van der Waals surface area contributed by atoms with Crippen LogP contribution in [0.4, 0.5) is 23.5 Å². The van der Waals surface area contributed by atoms with E-state index in [9.17, 15) is 5.11 Å². The van der Waals surface area contributed by atoms with Crippen LogP contribution in [0.25, 0.3) is 0 Å². The zero-order valence-electron chi connectivity index (χ0n) is 17.0. The van der Waals surface area contributed by atoms with Crippen LogP contribution in [0.3, 0.4) is 0 Å². The van der Waals surface area contributed by atoms with Gasteiger partial charge < -0.3 is 24.8 Å². The number of aromatic nitrogens is 3. The summed E-state index contributed by atoms with van der Waals surface area (Å²) in [6, 6.07) is 14.6. The number of hydrogen-bond acceptors (Lipinski definition) is 10. The van der Waals surface area contributed by atoms with Crippen LogP contribution in [-0.4, -0.2) is 59.7 Å². The lowest BCUT2D eigenvalue weighted by Gasteiger charge is -2.27. The molecule has 4 rings (SSSR count). The fraction of sp³-hybridized carbons (Fsp3) is 0.238. The molecule has 0 radical (unpaired) electrons. The Balaban J connectivity index is 1.55. The standard InChI is InChI=1S/C21H23N7O3/c1-30-18-13-15(7-8-17(18)29)14-22-27-20-24-19(23-16-5-3-2-4-6-16)25-21(26-20)28-9-11-31-12-10-28/h2-8,13-14,29H,9-12H2,1H3,(H2,23,24,25,26,27)/b22-14-. The number of hydrazone groups is 1. The van der Waals surface area contributed by atoms with Gasteiger partial charge >= 0.3 is 0 Å². The largest absolute Gasteiger partial charge is 0.504 e. The second-order valence-electron chi connectivity index (χ2n) is 6.67. The van der Waals surface area contributed by atoms with E-state index >= 15 is 0 Å². The maximum absolute atomic E-state index is 9.71. The highest BCUT2D eigenvalue weighted by molar-refractivity contribution is 5.81. The molecule has 1 aliphatic rings. The van der Waals surface area contributed by atoms with Crippen LogP contribution in [0.2, 0.25) is 0 Å². The van der Waals surface area contributed by atoms with Crippen LogP contribution in [0.1, 0.15) is 5.56 Å². The smallest absolute Gasteiger partial charge is 0.250 e. The molecule has 0 spiro atoms. The Labute approximate surface area is 179 Å². The van der Waals surface area contributed by atoms with Crippen molar-refractivity contribution in [2.75, 3.05) is 49.1 Å². The van der Waals surface area contributed by atoms with Crippen molar-refractivity contribution >= 4 is 29.7 Å². The summed E-state index contributed by atoms with van der Waals surface area (Å²) in [5.74, 6) is 1.69. The number of aromatic hydroxyl groups is 1. The number of phenols is 1. The quantitative estimate of drug-likeness (QED) is 0.391. The molecule has 0 amide bonds. The van der Waals surface area contributed by atoms with Gasteiger partial charge in [-0.15, -0.1) is 0 Å². The molecular formula is C21H23N7O3. The summed E-state index contributed by atoms with van der Waals surface area (Å²) in [6.45, 7) is 2.64. The van der Waals surface area contributed by atoms with E-state index in [1.165, 1.54) is 7.11 Å². The number of morpholine rings is 1. The summed E-state index contributed by atoms with van der Waals surface area (Å²) in [5, 5.41) is 17.1. The SMILES string of the molecule is COc1cc(/C=N\Nc2nc(Nc3ccccc3)nc(N3CCOCC3)n2)ccc1O. The molecule has 1 saturated heterocycles. The van der Waals surface area contributed by atoms with E-state index in [4.69, 9.17) is 9.47 Å². The molecule has 1 fully saturated rings. The van der Waals surface area contributed by atoms with E-state index in [0.29, 0.717) is 49.9 Å². The second kappa shape index (κ2) is 9.72. The number of rotatable bonds is 7. The van der Waals surface area contributed by atoms with E-state index < -0.39 is 0 Å². The van der Waals surface area contributed by atoms with Gasteiger partial charge in [-0.05, 0) is 35.9 Å². The third kappa shape index (κ3) is 5.37. The van der Waals surface area contributed by atoms with Gasteiger partial charge in [-0.3, -0.25) is 0 Å². The minimum atomic E-state index is 0.0665. The first-order valence-corrected chi connectivity index (χ1v) is 9.78. The molecular weight excluding hydrogens is 398 g/mol. The predicted octanol–water partition coefficient (Wildman–Crippen LogP) is 2.61. The van der Waals surface area contributed by atoms with Crippen LogP contribution in [0.15, 0.2) is 53.6 Å². The maximum Gasteiger partial charge on any atom is 0.250 e. The highest BCUT2D eigenvalue weighted by Gasteiger charge is 2.16. The van der Waals surface area contributed by atoms with Gasteiger partial charge in [0.15, 0.2) is 11.5 Å². The summed E-state index contributed by atoms with van der Waals surface area (Å²) in [6.07, 6.45) is 1.59. The molecule has 10 nitrogen and oxygen atoms in total. The average Bonchev–Trinajstić information content (AvgIpc) is 2.81. The van der Waals surface area contributed by atoms with Crippen LogP contribution in [-0.2, 0) is 4.74 Å². The van der Waals surface area contributed by atoms with Crippen molar-refractivity contribution in [2.24, 2.45) is 5.10 Å². The van der Waals surface area contributed by atoms with Crippen molar-refractivity contribution in [2.45, 2.75) is 0 Å². The molecule has 3 aromatic rings. The minimum Gasteiger partial charge on any atom is -0.504 e. The first-order chi connectivity index (χ1) is 15.2. The minimum absolute atomic E-state index is 0.0665. The summed E-state index contributed by atoms with van der Waals surface area (Å²) in [4.78, 5) is 15.5. The van der Waals surface area contributed by atoms with Crippen molar-refractivity contribution in [3.05, 3.63) is 54.1 Å². The number of ether oxygens (including phenoxy) is 2. The van der Waals surface area contributed by atoms with Crippen molar-refractivity contribution in [1.82, 2.24) is 15.0 Å². The molecule has 1 aromatic heterocycles. The Bertz CT molecular complexity index is 1040. The number of methoxy groups -OCH3 is 1. The van der Waals surface area contributed by atoms with Crippen LogP contribution < -0.4 is 20.4 Å². The van der Waals surface area contributed by atoms with Crippen LogP contribution in [0.5, 0.6) is 11.5 Å². The van der Waals surface area contributed by atoms with E-state index in [1.54, 1.807) is 24.4 Å². The lowest BCUT2D eigenvalue weighted by Crippen LogP contribution is -2.37. The van der Waals surface area contributed by atoms with Crippen molar-refractivity contribution < 1.29 is 14.6 Å². The van der Waals surface area contributed by atoms with Gasteiger partial charge in [0.05, 0.1) is 26.5 Å². The normalized spacial score (nSPS) is 13.9. The molecule has 10 heteroatoms. The molecule has 0 saturated carbocycles. The molecule has 0 unspecified atom stereocenters. The summed E-state index contributed by atoms with van der Waals surface area (Å²) >= 11 is 0. The zero-order chi connectivity index (χ0) is 21.5. The lowest BCUT2D eigenvalue weighted by molar-refractivity contribution is 0.122. The first kappa shape index (κ1) is 20.4. The molecule has 3 N–H and O–H groups in total. The van der Waals surface area contributed by atoms with Gasteiger partial charge in [0.1, 0.15) is 0 Å². The third-order valence-corrected chi connectivity index (χ3v) is 4.53. The number of hydrogen-bond donors (Lipinski definition) is 3. The lowest BCUT2D eigenvalue weighted by atomic mass is 10.2. The molecule has 160 valence electrons. The Kier molecular flexibility index (Phi) is 6.38.